The maximum absolute atomic E-state index is 12.4. The molecule has 1 N–H and O–H groups in total. The zero-order valence-electron chi connectivity index (χ0n) is 15.7. The number of carbonyl (C=O) groups excluding carboxylic acids is 2. The summed E-state index contributed by atoms with van der Waals surface area (Å²) in [4.78, 5) is 28.6. The Morgan fingerprint density at radius 1 is 0.931 bits per heavy atom. The summed E-state index contributed by atoms with van der Waals surface area (Å²) in [6.45, 7) is 2.51. The minimum Gasteiger partial charge on any atom is -0.459 e. The van der Waals surface area contributed by atoms with Crippen LogP contribution in [-0.2, 0) is 0 Å². The van der Waals surface area contributed by atoms with Crippen molar-refractivity contribution in [3.8, 4) is 0 Å². The number of nitrogens with one attached hydrogen (secondary N) is 1. The lowest BCUT2D eigenvalue weighted by atomic mass is 10.2. The lowest BCUT2D eigenvalue weighted by molar-refractivity contribution is 0.0714. The normalized spacial score (nSPS) is 14.0. The second kappa shape index (κ2) is 8.41. The summed E-state index contributed by atoms with van der Waals surface area (Å²) in [7, 11) is 0. The fourth-order valence-electron chi connectivity index (χ4n) is 3.34. The van der Waals surface area contributed by atoms with E-state index in [4.69, 9.17) is 16.0 Å². The zero-order valence-corrected chi connectivity index (χ0v) is 16.4. The molecule has 0 aliphatic carbocycles. The quantitative estimate of drug-likeness (QED) is 0.703. The van der Waals surface area contributed by atoms with Gasteiger partial charge in [-0.15, -0.1) is 0 Å². The van der Waals surface area contributed by atoms with Crippen LogP contribution in [0.25, 0.3) is 0 Å². The molecule has 0 bridgehead atoms. The highest BCUT2D eigenvalue weighted by atomic mass is 35.5. The van der Waals surface area contributed by atoms with Crippen molar-refractivity contribution in [2.45, 2.75) is 0 Å². The lowest BCUT2D eigenvalue weighted by Crippen LogP contribution is -2.48. The highest BCUT2D eigenvalue weighted by Gasteiger charge is 2.24. The van der Waals surface area contributed by atoms with Crippen LogP contribution >= 0.6 is 11.6 Å². The van der Waals surface area contributed by atoms with Crippen molar-refractivity contribution in [1.82, 2.24) is 4.90 Å². The number of nitrogens with zero attached hydrogens (tertiary/aromatic N) is 2. The van der Waals surface area contributed by atoms with Gasteiger partial charge in [0, 0.05) is 37.4 Å². The van der Waals surface area contributed by atoms with E-state index < -0.39 is 0 Å². The van der Waals surface area contributed by atoms with Crippen LogP contribution in [-0.4, -0.2) is 42.9 Å². The number of hydrogen-bond donors (Lipinski definition) is 1. The monoisotopic (exact) mass is 409 g/mol. The van der Waals surface area contributed by atoms with Gasteiger partial charge >= 0.3 is 0 Å². The molecule has 2 aromatic carbocycles. The minimum atomic E-state index is -0.181. The smallest absolute Gasteiger partial charge is 0.289 e. The van der Waals surface area contributed by atoms with Gasteiger partial charge in [-0.1, -0.05) is 29.8 Å². The van der Waals surface area contributed by atoms with Gasteiger partial charge in [0.15, 0.2) is 5.76 Å². The molecule has 0 atom stereocenters. The van der Waals surface area contributed by atoms with Crippen molar-refractivity contribution in [3.05, 3.63) is 83.3 Å². The van der Waals surface area contributed by atoms with Gasteiger partial charge in [0.2, 0.25) is 0 Å². The topological polar surface area (TPSA) is 65.8 Å². The largest absolute Gasteiger partial charge is 0.459 e. The number of halogens is 1. The van der Waals surface area contributed by atoms with E-state index in [-0.39, 0.29) is 11.8 Å². The SMILES string of the molecule is O=C(Nc1ccc(N2CCN(C(=O)c3ccco3)CC2)c(Cl)c1)c1ccccc1. The summed E-state index contributed by atoms with van der Waals surface area (Å²) >= 11 is 6.48. The first kappa shape index (κ1) is 19.1. The van der Waals surface area contributed by atoms with E-state index in [1.54, 1.807) is 35.2 Å². The Hall–Kier alpha value is -3.25. The molecule has 2 amide bonds. The molecule has 1 saturated heterocycles. The fourth-order valence-corrected chi connectivity index (χ4v) is 3.64. The molecular weight excluding hydrogens is 390 g/mol. The molecule has 6 nitrogen and oxygen atoms in total. The highest BCUT2D eigenvalue weighted by molar-refractivity contribution is 6.33. The standard InChI is InChI=1S/C22H20ClN3O3/c23-18-15-17(24-21(27)16-5-2-1-3-6-16)8-9-19(18)25-10-12-26(13-11-25)22(28)20-7-4-14-29-20/h1-9,14-15H,10-13H2,(H,24,27). The van der Waals surface area contributed by atoms with E-state index >= 15 is 0 Å². The third-order valence-corrected chi connectivity index (χ3v) is 5.18. The maximum atomic E-state index is 12.4. The number of benzene rings is 2. The molecular formula is C22H20ClN3O3. The van der Waals surface area contributed by atoms with Crippen molar-refractivity contribution < 1.29 is 14.0 Å². The van der Waals surface area contributed by atoms with Gasteiger partial charge in [0.25, 0.3) is 11.8 Å². The van der Waals surface area contributed by atoms with Crippen molar-refractivity contribution in [2.24, 2.45) is 0 Å². The molecule has 1 fully saturated rings. The van der Waals surface area contributed by atoms with E-state index in [1.165, 1.54) is 6.26 Å². The van der Waals surface area contributed by atoms with Crippen LogP contribution in [0.15, 0.2) is 71.3 Å². The summed E-state index contributed by atoms with van der Waals surface area (Å²) in [5.41, 5.74) is 2.11. The highest BCUT2D eigenvalue weighted by Crippen LogP contribution is 2.30. The van der Waals surface area contributed by atoms with Crippen LogP contribution in [0.3, 0.4) is 0 Å². The Labute approximate surface area is 173 Å². The van der Waals surface area contributed by atoms with E-state index in [1.807, 2.05) is 30.3 Å². The molecule has 3 aromatic rings. The van der Waals surface area contributed by atoms with Crippen molar-refractivity contribution in [2.75, 3.05) is 36.4 Å². The van der Waals surface area contributed by atoms with E-state index in [2.05, 4.69) is 10.2 Å². The molecule has 0 spiro atoms. The number of hydrogen-bond acceptors (Lipinski definition) is 4. The average Bonchev–Trinajstić information content (AvgIpc) is 3.29. The van der Waals surface area contributed by atoms with Crippen LogP contribution in [0.1, 0.15) is 20.9 Å². The van der Waals surface area contributed by atoms with Crippen LogP contribution in [0.5, 0.6) is 0 Å². The van der Waals surface area contributed by atoms with Crippen molar-refractivity contribution >= 4 is 34.8 Å². The minimum absolute atomic E-state index is 0.0975. The number of furan rings is 1. The number of piperazine rings is 1. The summed E-state index contributed by atoms with van der Waals surface area (Å²) in [5, 5.41) is 3.42. The Bertz CT molecular complexity index is 997. The number of carbonyl (C=O) groups is 2. The number of rotatable bonds is 4. The Kier molecular flexibility index (Phi) is 5.53. The summed E-state index contributed by atoms with van der Waals surface area (Å²) < 4.78 is 5.20. The Morgan fingerprint density at radius 3 is 2.34 bits per heavy atom. The molecule has 1 aromatic heterocycles. The van der Waals surface area contributed by atoms with Crippen LogP contribution in [0.4, 0.5) is 11.4 Å². The lowest BCUT2D eigenvalue weighted by Gasteiger charge is -2.36. The van der Waals surface area contributed by atoms with Gasteiger partial charge in [-0.3, -0.25) is 9.59 Å². The van der Waals surface area contributed by atoms with Gasteiger partial charge in [-0.25, -0.2) is 0 Å². The molecule has 148 valence electrons. The summed E-state index contributed by atoms with van der Waals surface area (Å²) in [5.74, 6) is 0.0779. The molecule has 1 aliphatic heterocycles. The molecule has 0 radical (unpaired) electrons. The van der Waals surface area contributed by atoms with Crippen LogP contribution in [0, 0.1) is 0 Å². The van der Waals surface area contributed by atoms with Gasteiger partial charge < -0.3 is 19.5 Å². The molecule has 7 heteroatoms. The molecule has 0 unspecified atom stereocenters. The van der Waals surface area contributed by atoms with Gasteiger partial charge in [0.05, 0.1) is 17.0 Å². The number of anilines is 2. The van der Waals surface area contributed by atoms with Gasteiger partial charge in [0.1, 0.15) is 0 Å². The van der Waals surface area contributed by atoms with Crippen LogP contribution < -0.4 is 10.2 Å². The Morgan fingerprint density at radius 2 is 1.69 bits per heavy atom. The second-order valence-electron chi connectivity index (χ2n) is 6.74. The van der Waals surface area contributed by atoms with Crippen molar-refractivity contribution in [1.29, 1.82) is 0 Å². The first-order chi connectivity index (χ1) is 14.1. The van der Waals surface area contributed by atoms with Gasteiger partial charge in [-0.05, 0) is 42.5 Å². The average molecular weight is 410 g/mol. The predicted molar refractivity (Wildman–Crippen MR) is 113 cm³/mol. The molecule has 4 rings (SSSR count). The third kappa shape index (κ3) is 4.27. The van der Waals surface area contributed by atoms with E-state index in [9.17, 15) is 9.59 Å². The molecule has 1 aliphatic rings. The summed E-state index contributed by atoms with van der Waals surface area (Å²) in [6.07, 6.45) is 1.50. The third-order valence-electron chi connectivity index (χ3n) is 4.88. The predicted octanol–water partition coefficient (Wildman–Crippen LogP) is 4.15. The van der Waals surface area contributed by atoms with Crippen LogP contribution in [0.2, 0.25) is 5.02 Å². The maximum Gasteiger partial charge on any atom is 0.289 e. The first-order valence-corrected chi connectivity index (χ1v) is 9.73. The van der Waals surface area contributed by atoms with E-state index in [0.717, 1.165) is 5.69 Å². The summed E-state index contributed by atoms with van der Waals surface area (Å²) in [6, 6.07) is 17.9. The van der Waals surface area contributed by atoms with E-state index in [0.29, 0.717) is 48.2 Å². The molecule has 0 saturated carbocycles. The fraction of sp³-hybridized carbons (Fsp3) is 0.182. The zero-order chi connectivity index (χ0) is 20.2. The number of amides is 2. The Balaban J connectivity index is 1.39. The first-order valence-electron chi connectivity index (χ1n) is 9.35. The molecule has 29 heavy (non-hydrogen) atoms. The van der Waals surface area contributed by atoms with Crippen molar-refractivity contribution in [3.63, 3.8) is 0 Å². The van der Waals surface area contributed by atoms with Gasteiger partial charge in [-0.2, -0.15) is 0 Å². The second-order valence-corrected chi connectivity index (χ2v) is 7.15. The molecule has 2 heterocycles.